The van der Waals surface area contributed by atoms with Gasteiger partial charge in [-0.1, -0.05) is 0 Å². The number of phenols is 2. The van der Waals surface area contributed by atoms with Crippen molar-refractivity contribution in [3.63, 3.8) is 0 Å². The summed E-state index contributed by atoms with van der Waals surface area (Å²) in [5.74, 6) is -2.55. The van der Waals surface area contributed by atoms with Crippen LogP contribution in [0.2, 0.25) is 0 Å². The number of phenolic OH excluding ortho intramolecular Hbond substituents is 2. The highest BCUT2D eigenvalue weighted by Crippen LogP contribution is 2.23. The van der Waals surface area contributed by atoms with Gasteiger partial charge >= 0.3 is 0 Å². The zero-order chi connectivity index (χ0) is 15.3. The van der Waals surface area contributed by atoms with E-state index in [4.69, 9.17) is 16.6 Å². The molecule has 0 saturated carbocycles. The highest BCUT2D eigenvalue weighted by molar-refractivity contribution is 6.00. The fourth-order valence-corrected chi connectivity index (χ4v) is 1.65. The van der Waals surface area contributed by atoms with E-state index in [0.717, 1.165) is 6.07 Å². The van der Waals surface area contributed by atoms with Gasteiger partial charge in [0.15, 0.2) is 5.78 Å². The normalized spacial score (nSPS) is 10.4. The van der Waals surface area contributed by atoms with Gasteiger partial charge in [0.2, 0.25) is 11.8 Å². The minimum absolute atomic E-state index is 0.0401. The van der Waals surface area contributed by atoms with E-state index < -0.39 is 23.3 Å². The lowest BCUT2D eigenvalue weighted by Crippen LogP contribution is -2.42. The Morgan fingerprint density at radius 1 is 1.00 bits per heavy atom. The summed E-state index contributed by atoms with van der Waals surface area (Å²) in [6.45, 7) is -0.939. The van der Waals surface area contributed by atoms with Crippen molar-refractivity contribution in [3.8, 4) is 11.5 Å². The number of ketones is 1. The third kappa shape index (κ3) is 4.58. The second-order valence-electron chi connectivity index (χ2n) is 4.20. The molecule has 0 aromatic heterocycles. The number of aromatic hydroxyl groups is 2. The Bertz CT molecular complexity index is 528. The first-order valence-electron chi connectivity index (χ1n) is 5.63. The molecule has 1 aromatic carbocycles. The zero-order valence-corrected chi connectivity index (χ0v) is 10.6. The van der Waals surface area contributed by atoms with Crippen molar-refractivity contribution in [2.24, 2.45) is 11.5 Å². The first-order chi connectivity index (χ1) is 9.29. The molecule has 20 heavy (non-hydrogen) atoms. The highest BCUT2D eigenvalue weighted by atomic mass is 16.3. The van der Waals surface area contributed by atoms with Crippen LogP contribution >= 0.6 is 0 Å². The number of rotatable bonds is 7. The van der Waals surface area contributed by atoms with E-state index in [1.165, 1.54) is 17.0 Å². The first kappa shape index (κ1) is 15.4. The van der Waals surface area contributed by atoms with Gasteiger partial charge in [0.05, 0.1) is 25.2 Å². The van der Waals surface area contributed by atoms with E-state index in [1.54, 1.807) is 0 Å². The molecule has 0 aliphatic rings. The minimum atomic E-state index is -0.714. The zero-order valence-electron chi connectivity index (χ0n) is 10.6. The molecule has 0 bridgehead atoms. The lowest BCUT2D eigenvalue weighted by atomic mass is 10.1. The number of benzene rings is 1. The van der Waals surface area contributed by atoms with Crippen LogP contribution in [0.15, 0.2) is 18.2 Å². The number of nitrogens with two attached hydrogens (primary N) is 2. The van der Waals surface area contributed by atoms with Gasteiger partial charge in [-0.15, -0.1) is 0 Å². The molecular formula is C12H15N3O5. The van der Waals surface area contributed by atoms with Crippen molar-refractivity contribution < 1.29 is 24.6 Å². The van der Waals surface area contributed by atoms with Gasteiger partial charge in [0.1, 0.15) is 11.5 Å². The molecular weight excluding hydrogens is 266 g/mol. The van der Waals surface area contributed by atoms with Gasteiger partial charge in [-0.3, -0.25) is 19.3 Å². The van der Waals surface area contributed by atoms with Crippen LogP contribution in [0.4, 0.5) is 0 Å². The Morgan fingerprint density at radius 2 is 1.55 bits per heavy atom. The van der Waals surface area contributed by atoms with E-state index in [9.17, 15) is 19.5 Å². The second-order valence-corrected chi connectivity index (χ2v) is 4.20. The van der Waals surface area contributed by atoms with Gasteiger partial charge in [0.25, 0.3) is 0 Å². The van der Waals surface area contributed by atoms with Crippen LogP contribution in [0.25, 0.3) is 0 Å². The average molecular weight is 281 g/mol. The van der Waals surface area contributed by atoms with Crippen LogP contribution in [-0.4, -0.2) is 52.3 Å². The molecule has 0 saturated heterocycles. The fraction of sp³-hybridized carbons (Fsp3) is 0.250. The van der Waals surface area contributed by atoms with Crippen LogP contribution in [0.3, 0.4) is 0 Å². The lowest BCUT2D eigenvalue weighted by molar-refractivity contribution is -0.121. The summed E-state index contributed by atoms with van der Waals surface area (Å²) in [6.07, 6.45) is 0. The predicted octanol–water partition coefficient (Wildman–Crippen LogP) is -1.45. The fourth-order valence-electron chi connectivity index (χ4n) is 1.65. The van der Waals surface area contributed by atoms with Gasteiger partial charge in [-0.2, -0.15) is 0 Å². The number of nitrogens with zero attached hydrogens (tertiary/aromatic N) is 1. The smallest absolute Gasteiger partial charge is 0.231 e. The lowest BCUT2D eigenvalue weighted by Gasteiger charge is -2.18. The SMILES string of the molecule is NC(=O)CN(CC(N)=O)CC(=O)c1ccc(O)cc1O. The Kier molecular flexibility index (Phi) is 5.04. The molecule has 2 amide bonds. The van der Waals surface area contributed by atoms with Crippen LogP contribution in [-0.2, 0) is 9.59 Å². The van der Waals surface area contributed by atoms with Gasteiger partial charge in [-0.25, -0.2) is 0 Å². The molecule has 8 heteroatoms. The molecule has 108 valence electrons. The number of carbonyl (C=O) groups excluding carboxylic acids is 3. The standard InChI is InChI=1S/C12H15N3O5/c13-11(19)5-15(6-12(14)20)4-10(18)8-2-1-7(16)3-9(8)17/h1-3,16-17H,4-6H2,(H2,13,19)(H2,14,20). The van der Waals surface area contributed by atoms with Crippen molar-refractivity contribution in [2.75, 3.05) is 19.6 Å². The molecule has 0 heterocycles. The largest absolute Gasteiger partial charge is 0.508 e. The maximum atomic E-state index is 12.0. The van der Waals surface area contributed by atoms with Crippen molar-refractivity contribution in [3.05, 3.63) is 23.8 Å². The number of hydrogen-bond acceptors (Lipinski definition) is 6. The topological polar surface area (TPSA) is 147 Å². The summed E-state index contributed by atoms with van der Waals surface area (Å²) >= 11 is 0. The molecule has 0 radical (unpaired) electrons. The summed E-state index contributed by atoms with van der Waals surface area (Å²) in [5.41, 5.74) is 9.97. The van der Waals surface area contributed by atoms with E-state index in [1.807, 2.05) is 0 Å². The molecule has 0 aliphatic carbocycles. The van der Waals surface area contributed by atoms with Crippen molar-refractivity contribution in [1.29, 1.82) is 0 Å². The highest BCUT2D eigenvalue weighted by Gasteiger charge is 2.18. The Labute approximate surface area is 114 Å². The Balaban J connectivity index is 2.84. The average Bonchev–Trinajstić information content (AvgIpc) is 2.26. The molecule has 1 rings (SSSR count). The minimum Gasteiger partial charge on any atom is -0.508 e. The van der Waals surface area contributed by atoms with Crippen LogP contribution in [0.1, 0.15) is 10.4 Å². The second kappa shape index (κ2) is 6.53. The van der Waals surface area contributed by atoms with Crippen molar-refractivity contribution in [1.82, 2.24) is 4.90 Å². The summed E-state index contributed by atoms with van der Waals surface area (Å²) in [5, 5.41) is 18.7. The maximum absolute atomic E-state index is 12.0. The van der Waals surface area contributed by atoms with Gasteiger partial charge < -0.3 is 21.7 Å². The first-order valence-corrected chi connectivity index (χ1v) is 5.63. The number of hydrogen-bond donors (Lipinski definition) is 4. The number of amides is 2. The number of carbonyl (C=O) groups is 3. The molecule has 0 fully saturated rings. The predicted molar refractivity (Wildman–Crippen MR) is 68.9 cm³/mol. The van der Waals surface area contributed by atoms with Crippen LogP contribution in [0, 0.1) is 0 Å². The van der Waals surface area contributed by atoms with Gasteiger partial charge in [0, 0.05) is 6.07 Å². The molecule has 0 aliphatic heterocycles. The third-order valence-corrected chi connectivity index (χ3v) is 2.41. The summed E-state index contributed by atoms with van der Waals surface area (Å²) in [6, 6.07) is 3.49. The quantitative estimate of drug-likeness (QED) is 0.450. The van der Waals surface area contributed by atoms with Crippen molar-refractivity contribution in [2.45, 2.75) is 0 Å². The monoisotopic (exact) mass is 281 g/mol. The molecule has 0 atom stereocenters. The molecule has 0 spiro atoms. The van der Waals surface area contributed by atoms with Gasteiger partial charge in [-0.05, 0) is 12.1 Å². The third-order valence-electron chi connectivity index (χ3n) is 2.41. The van der Waals surface area contributed by atoms with Crippen LogP contribution < -0.4 is 11.5 Å². The molecule has 6 N–H and O–H groups in total. The number of Topliss-reactive ketones (excluding diaryl/α,β-unsaturated/α-hetero) is 1. The molecule has 1 aromatic rings. The number of primary amides is 2. The summed E-state index contributed by atoms with van der Waals surface area (Å²) in [7, 11) is 0. The summed E-state index contributed by atoms with van der Waals surface area (Å²) in [4.78, 5) is 34.8. The molecule has 8 nitrogen and oxygen atoms in total. The Hall–Kier alpha value is -2.61. The summed E-state index contributed by atoms with van der Waals surface area (Å²) < 4.78 is 0. The van der Waals surface area contributed by atoms with Crippen molar-refractivity contribution >= 4 is 17.6 Å². The van der Waals surface area contributed by atoms with E-state index in [0.29, 0.717) is 0 Å². The Morgan fingerprint density at radius 3 is 2.00 bits per heavy atom. The molecule has 0 unspecified atom stereocenters. The maximum Gasteiger partial charge on any atom is 0.231 e. The van der Waals surface area contributed by atoms with E-state index in [-0.39, 0.29) is 30.9 Å². The van der Waals surface area contributed by atoms with Crippen LogP contribution in [0.5, 0.6) is 11.5 Å². The van der Waals surface area contributed by atoms with E-state index in [2.05, 4.69) is 0 Å². The van der Waals surface area contributed by atoms with E-state index >= 15 is 0 Å².